The average molecular weight is 230 g/mol. The molecule has 1 unspecified atom stereocenters. The summed E-state index contributed by atoms with van der Waals surface area (Å²) in [6.45, 7) is 2.91. The normalized spacial score (nSPS) is 12.6. The molecule has 2 N–H and O–H groups in total. The molecule has 4 heteroatoms. The van der Waals surface area contributed by atoms with Crippen molar-refractivity contribution in [3.05, 3.63) is 30.5 Å². The molecule has 0 amide bonds. The van der Waals surface area contributed by atoms with E-state index in [1.54, 1.807) is 6.20 Å². The molecular formula is C13H18N4. The largest absolute Gasteiger partial charge is 0.358 e. The summed E-state index contributed by atoms with van der Waals surface area (Å²) >= 11 is 0. The first kappa shape index (κ1) is 11.8. The van der Waals surface area contributed by atoms with Gasteiger partial charge in [0.2, 0.25) is 0 Å². The van der Waals surface area contributed by atoms with Gasteiger partial charge in [-0.05, 0) is 13.3 Å². The van der Waals surface area contributed by atoms with Gasteiger partial charge >= 0.3 is 0 Å². The van der Waals surface area contributed by atoms with E-state index >= 15 is 0 Å². The van der Waals surface area contributed by atoms with Crippen LogP contribution >= 0.6 is 0 Å². The highest BCUT2D eigenvalue weighted by atomic mass is 15.2. The first-order valence-electron chi connectivity index (χ1n) is 5.85. The fourth-order valence-electron chi connectivity index (χ4n) is 1.80. The Morgan fingerprint density at radius 2 is 2.12 bits per heavy atom. The lowest BCUT2D eigenvalue weighted by Crippen LogP contribution is -2.26. The van der Waals surface area contributed by atoms with E-state index in [1.807, 2.05) is 32.2 Å². The molecule has 1 aromatic carbocycles. The molecular weight excluding hydrogens is 212 g/mol. The van der Waals surface area contributed by atoms with Crippen LogP contribution in [0.25, 0.3) is 10.8 Å². The number of aromatic nitrogens is 2. The molecule has 1 atom stereocenters. The summed E-state index contributed by atoms with van der Waals surface area (Å²) in [5.41, 5.74) is 5.77. The lowest BCUT2D eigenvalue weighted by molar-refractivity contribution is 0.655. The Hall–Kier alpha value is -1.68. The molecule has 4 nitrogen and oxygen atoms in total. The highest BCUT2D eigenvalue weighted by Gasteiger charge is 2.08. The third-order valence-electron chi connectivity index (χ3n) is 2.83. The quantitative estimate of drug-likeness (QED) is 0.870. The maximum Gasteiger partial charge on any atom is 0.158 e. The second kappa shape index (κ2) is 5.10. The van der Waals surface area contributed by atoms with Crippen molar-refractivity contribution in [1.82, 2.24) is 10.2 Å². The summed E-state index contributed by atoms with van der Waals surface area (Å²) in [5.74, 6) is 0.920. The minimum atomic E-state index is 0.209. The molecule has 0 aliphatic heterocycles. The number of benzene rings is 1. The van der Waals surface area contributed by atoms with Crippen LogP contribution in [0.1, 0.15) is 13.3 Å². The predicted molar refractivity (Wildman–Crippen MR) is 71.1 cm³/mol. The smallest absolute Gasteiger partial charge is 0.158 e. The van der Waals surface area contributed by atoms with E-state index in [0.29, 0.717) is 0 Å². The second-order valence-corrected chi connectivity index (χ2v) is 4.44. The minimum absolute atomic E-state index is 0.209. The summed E-state index contributed by atoms with van der Waals surface area (Å²) < 4.78 is 0. The number of rotatable bonds is 4. The number of nitrogens with zero attached hydrogens (tertiary/aromatic N) is 3. The summed E-state index contributed by atoms with van der Waals surface area (Å²) in [6, 6.07) is 8.36. The average Bonchev–Trinajstić information content (AvgIpc) is 2.35. The first-order chi connectivity index (χ1) is 8.18. The molecule has 1 heterocycles. The molecule has 2 aromatic rings. The third kappa shape index (κ3) is 2.71. The summed E-state index contributed by atoms with van der Waals surface area (Å²) in [4.78, 5) is 2.11. The Labute approximate surface area is 101 Å². The Bertz CT molecular complexity index is 490. The molecule has 0 bridgehead atoms. The van der Waals surface area contributed by atoms with Crippen molar-refractivity contribution >= 4 is 16.6 Å². The Morgan fingerprint density at radius 1 is 1.35 bits per heavy atom. The zero-order chi connectivity index (χ0) is 12.3. The zero-order valence-corrected chi connectivity index (χ0v) is 10.3. The van der Waals surface area contributed by atoms with Gasteiger partial charge in [0.1, 0.15) is 0 Å². The van der Waals surface area contributed by atoms with Crippen molar-refractivity contribution in [3.63, 3.8) is 0 Å². The lowest BCUT2D eigenvalue weighted by Gasteiger charge is -2.20. The van der Waals surface area contributed by atoms with Gasteiger partial charge in [-0.1, -0.05) is 24.3 Å². The Balaban J connectivity index is 2.28. The van der Waals surface area contributed by atoms with Gasteiger partial charge in [-0.15, -0.1) is 5.10 Å². The highest BCUT2D eigenvalue weighted by Crippen LogP contribution is 2.22. The third-order valence-corrected chi connectivity index (χ3v) is 2.83. The molecule has 0 aliphatic carbocycles. The first-order valence-corrected chi connectivity index (χ1v) is 5.85. The molecule has 0 radical (unpaired) electrons. The lowest BCUT2D eigenvalue weighted by atomic mass is 10.2. The Kier molecular flexibility index (Phi) is 3.54. The number of nitrogens with two attached hydrogens (primary N) is 1. The van der Waals surface area contributed by atoms with Gasteiger partial charge in [0.05, 0.1) is 6.20 Å². The zero-order valence-electron chi connectivity index (χ0n) is 10.3. The SMILES string of the molecule is CC(N)CCN(C)c1nncc2ccccc12. The maximum atomic E-state index is 5.77. The van der Waals surface area contributed by atoms with E-state index < -0.39 is 0 Å². The molecule has 17 heavy (non-hydrogen) atoms. The Morgan fingerprint density at radius 3 is 2.88 bits per heavy atom. The van der Waals surface area contributed by atoms with Crippen molar-refractivity contribution in [3.8, 4) is 0 Å². The number of hydrogen-bond acceptors (Lipinski definition) is 4. The minimum Gasteiger partial charge on any atom is -0.358 e. The van der Waals surface area contributed by atoms with E-state index in [2.05, 4.69) is 21.2 Å². The summed E-state index contributed by atoms with van der Waals surface area (Å²) in [5, 5.41) is 10.5. The number of fused-ring (bicyclic) bond motifs is 1. The van der Waals surface area contributed by atoms with E-state index in [0.717, 1.165) is 29.6 Å². The van der Waals surface area contributed by atoms with Crippen LogP contribution in [0.2, 0.25) is 0 Å². The standard InChI is InChI=1S/C13H18N4/c1-10(14)7-8-17(2)13-12-6-4-3-5-11(12)9-15-16-13/h3-6,9-10H,7-8,14H2,1-2H3. The van der Waals surface area contributed by atoms with Crippen LogP contribution in [0, 0.1) is 0 Å². The number of hydrogen-bond donors (Lipinski definition) is 1. The van der Waals surface area contributed by atoms with Gasteiger partial charge in [0, 0.05) is 30.4 Å². The summed E-state index contributed by atoms with van der Waals surface area (Å²) in [7, 11) is 2.03. The molecule has 2 rings (SSSR count). The second-order valence-electron chi connectivity index (χ2n) is 4.44. The molecule has 1 aromatic heterocycles. The number of anilines is 1. The predicted octanol–water partition coefficient (Wildman–Crippen LogP) is 1.80. The molecule has 90 valence electrons. The van der Waals surface area contributed by atoms with Crippen LogP contribution in [-0.4, -0.2) is 29.8 Å². The molecule has 0 spiro atoms. The van der Waals surface area contributed by atoms with Crippen LogP contribution < -0.4 is 10.6 Å². The monoisotopic (exact) mass is 230 g/mol. The molecule has 0 saturated heterocycles. The van der Waals surface area contributed by atoms with Crippen LogP contribution in [0.3, 0.4) is 0 Å². The highest BCUT2D eigenvalue weighted by molar-refractivity contribution is 5.91. The van der Waals surface area contributed by atoms with Crippen molar-refractivity contribution in [2.45, 2.75) is 19.4 Å². The van der Waals surface area contributed by atoms with Crippen molar-refractivity contribution in [2.75, 3.05) is 18.5 Å². The van der Waals surface area contributed by atoms with E-state index in [-0.39, 0.29) is 6.04 Å². The van der Waals surface area contributed by atoms with E-state index in [4.69, 9.17) is 5.73 Å². The van der Waals surface area contributed by atoms with Crippen LogP contribution in [0.15, 0.2) is 30.5 Å². The van der Waals surface area contributed by atoms with Crippen LogP contribution in [0.5, 0.6) is 0 Å². The van der Waals surface area contributed by atoms with Gasteiger partial charge in [-0.2, -0.15) is 5.10 Å². The van der Waals surface area contributed by atoms with E-state index in [9.17, 15) is 0 Å². The van der Waals surface area contributed by atoms with Gasteiger partial charge in [-0.3, -0.25) is 0 Å². The maximum absolute atomic E-state index is 5.77. The van der Waals surface area contributed by atoms with Gasteiger partial charge in [0.15, 0.2) is 5.82 Å². The van der Waals surface area contributed by atoms with Crippen LogP contribution in [-0.2, 0) is 0 Å². The topological polar surface area (TPSA) is 55.0 Å². The fourth-order valence-corrected chi connectivity index (χ4v) is 1.80. The van der Waals surface area contributed by atoms with Gasteiger partial charge in [-0.25, -0.2) is 0 Å². The van der Waals surface area contributed by atoms with Crippen molar-refractivity contribution < 1.29 is 0 Å². The fraction of sp³-hybridized carbons (Fsp3) is 0.385. The molecule has 0 fully saturated rings. The van der Waals surface area contributed by atoms with Crippen molar-refractivity contribution in [1.29, 1.82) is 0 Å². The van der Waals surface area contributed by atoms with Crippen molar-refractivity contribution in [2.24, 2.45) is 5.73 Å². The van der Waals surface area contributed by atoms with Gasteiger partial charge in [0.25, 0.3) is 0 Å². The van der Waals surface area contributed by atoms with E-state index in [1.165, 1.54) is 0 Å². The van der Waals surface area contributed by atoms with Crippen LogP contribution in [0.4, 0.5) is 5.82 Å². The summed E-state index contributed by atoms with van der Waals surface area (Å²) in [6.07, 6.45) is 2.74. The molecule has 0 aliphatic rings. The van der Waals surface area contributed by atoms with Gasteiger partial charge < -0.3 is 10.6 Å². The molecule has 0 saturated carbocycles.